The molecule has 0 aliphatic heterocycles. The van der Waals surface area contributed by atoms with Crippen molar-refractivity contribution in [2.75, 3.05) is 21.3 Å². The zero-order valence-electron chi connectivity index (χ0n) is 12.6. The van der Waals surface area contributed by atoms with Gasteiger partial charge in [0.1, 0.15) is 0 Å². The average molecular weight is 286 g/mol. The van der Waals surface area contributed by atoms with E-state index in [1.54, 1.807) is 18.2 Å². The lowest BCUT2D eigenvalue weighted by molar-refractivity contribution is 0.103. The minimum atomic E-state index is -0.0852. The van der Waals surface area contributed by atoms with Gasteiger partial charge < -0.3 is 14.2 Å². The minimum Gasteiger partial charge on any atom is -0.493 e. The largest absolute Gasteiger partial charge is 0.493 e. The van der Waals surface area contributed by atoms with Gasteiger partial charge in [-0.2, -0.15) is 0 Å². The van der Waals surface area contributed by atoms with E-state index in [0.29, 0.717) is 28.4 Å². The maximum Gasteiger partial charge on any atom is 0.203 e. The molecule has 0 spiro atoms. The van der Waals surface area contributed by atoms with E-state index in [1.807, 2.05) is 25.1 Å². The van der Waals surface area contributed by atoms with Gasteiger partial charge in [-0.05, 0) is 25.1 Å². The fourth-order valence-corrected chi connectivity index (χ4v) is 2.17. The SMILES string of the molecule is COc1cc(C(=O)c2cccc(C)c2)cc(OC)c1OC. The molecule has 2 aromatic rings. The van der Waals surface area contributed by atoms with Gasteiger partial charge in [0.2, 0.25) is 5.75 Å². The van der Waals surface area contributed by atoms with Gasteiger partial charge in [-0.15, -0.1) is 0 Å². The van der Waals surface area contributed by atoms with Crippen molar-refractivity contribution in [3.8, 4) is 17.2 Å². The Kier molecular flexibility index (Phi) is 4.48. The Morgan fingerprint density at radius 1 is 0.857 bits per heavy atom. The summed E-state index contributed by atoms with van der Waals surface area (Å²) in [6, 6.07) is 10.8. The van der Waals surface area contributed by atoms with Crippen LogP contribution in [0.15, 0.2) is 36.4 Å². The van der Waals surface area contributed by atoms with Crippen LogP contribution in [0.1, 0.15) is 21.5 Å². The van der Waals surface area contributed by atoms with Gasteiger partial charge in [-0.3, -0.25) is 4.79 Å². The van der Waals surface area contributed by atoms with Crippen LogP contribution in [-0.4, -0.2) is 27.1 Å². The van der Waals surface area contributed by atoms with Gasteiger partial charge >= 0.3 is 0 Å². The second-order valence-corrected chi connectivity index (χ2v) is 4.61. The van der Waals surface area contributed by atoms with Crippen molar-refractivity contribution in [1.82, 2.24) is 0 Å². The van der Waals surface area contributed by atoms with Gasteiger partial charge in [0.25, 0.3) is 0 Å². The lowest BCUT2D eigenvalue weighted by atomic mass is 10.0. The third kappa shape index (κ3) is 2.99. The van der Waals surface area contributed by atoms with Crippen molar-refractivity contribution in [3.63, 3.8) is 0 Å². The number of rotatable bonds is 5. The highest BCUT2D eigenvalue weighted by Crippen LogP contribution is 2.38. The van der Waals surface area contributed by atoms with Crippen LogP contribution in [-0.2, 0) is 0 Å². The van der Waals surface area contributed by atoms with E-state index < -0.39 is 0 Å². The summed E-state index contributed by atoms with van der Waals surface area (Å²) in [5, 5.41) is 0. The first-order valence-corrected chi connectivity index (χ1v) is 6.52. The molecule has 4 nitrogen and oxygen atoms in total. The van der Waals surface area contributed by atoms with Crippen molar-refractivity contribution in [2.45, 2.75) is 6.92 Å². The summed E-state index contributed by atoms with van der Waals surface area (Å²) >= 11 is 0. The summed E-state index contributed by atoms with van der Waals surface area (Å²) < 4.78 is 15.8. The molecule has 0 amide bonds. The van der Waals surface area contributed by atoms with E-state index in [9.17, 15) is 4.79 Å². The summed E-state index contributed by atoms with van der Waals surface area (Å²) in [5.74, 6) is 1.32. The Morgan fingerprint density at radius 2 is 1.48 bits per heavy atom. The number of carbonyl (C=O) groups excluding carboxylic acids is 1. The minimum absolute atomic E-state index is 0.0852. The molecular formula is C17H18O4. The molecule has 21 heavy (non-hydrogen) atoms. The number of hydrogen-bond acceptors (Lipinski definition) is 4. The van der Waals surface area contributed by atoms with Crippen molar-refractivity contribution < 1.29 is 19.0 Å². The molecule has 0 heterocycles. The molecule has 0 saturated heterocycles. The fourth-order valence-electron chi connectivity index (χ4n) is 2.17. The van der Waals surface area contributed by atoms with E-state index in [-0.39, 0.29) is 5.78 Å². The number of ketones is 1. The number of carbonyl (C=O) groups is 1. The van der Waals surface area contributed by atoms with E-state index in [2.05, 4.69) is 0 Å². The molecule has 0 N–H and O–H groups in total. The molecular weight excluding hydrogens is 268 g/mol. The first-order valence-electron chi connectivity index (χ1n) is 6.52. The summed E-state index contributed by atoms with van der Waals surface area (Å²) in [5.41, 5.74) is 2.16. The predicted molar refractivity (Wildman–Crippen MR) is 80.7 cm³/mol. The van der Waals surface area contributed by atoms with Gasteiger partial charge in [0.15, 0.2) is 17.3 Å². The van der Waals surface area contributed by atoms with Gasteiger partial charge in [0, 0.05) is 11.1 Å². The summed E-state index contributed by atoms with van der Waals surface area (Å²) in [4.78, 5) is 12.6. The molecule has 0 saturated carbocycles. The van der Waals surface area contributed by atoms with Crippen molar-refractivity contribution in [1.29, 1.82) is 0 Å². The van der Waals surface area contributed by atoms with Crippen LogP contribution in [0.2, 0.25) is 0 Å². The third-order valence-electron chi connectivity index (χ3n) is 3.21. The molecule has 0 aliphatic carbocycles. The number of hydrogen-bond donors (Lipinski definition) is 0. The molecule has 0 bridgehead atoms. The van der Waals surface area contributed by atoms with E-state index >= 15 is 0 Å². The second-order valence-electron chi connectivity index (χ2n) is 4.61. The number of aryl methyl sites for hydroxylation is 1. The van der Waals surface area contributed by atoms with Crippen molar-refractivity contribution in [3.05, 3.63) is 53.1 Å². The third-order valence-corrected chi connectivity index (χ3v) is 3.21. The maximum absolute atomic E-state index is 12.6. The predicted octanol–water partition coefficient (Wildman–Crippen LogP) is 3.25. The molecule has 0 aromatic heterocycles. The Labute approximate surface area is 124 Å². The van der Waals surface area contributed by atoms with E-state index in [0.717, 1.165) is 5.56 Å². The summed E-state index contributed by atoms with van der Waals surface area (Å²) in [6.45, 7) is 1.95. The van der Waals surface area contributed by atoms with Crippen LogP contribution in [0.5, 0.6) is 17.2 Å². The molecule has 2 rings (SSSR count). The highest BCUT2D eigenvalue weighted by atomic mass is 16.5. The highest BCUT2D eigenvalue weighted by molar-refractivity contribution is 6.09. The lowest BCUT2D eigenvalue weighted by Gasteiger charge is -2.13. The first-order chi connectivity index (χ1) is 10.1. The maximum atomic E-state index is 12.6. The molecule has 110 valence electrons. The fraction of sp³-hybridized carbons (Fsp3) is 0.235. The van der Waals surface area contributed by atoms with Gasteiger partial charge in [0.05, 0.1) is 21.3 Å². The second kappa shape index (κ2) is 6.31. The van der Waals surface area contributed by atoms with Crippen LogP contribution in [0, 0.1) is 6.92 Å². The Hall–Kier alpha value is -2.49. The van der Waals surface area contributed by atoms with Crippen molar-refractivity contribution >= 4 is 5.78 Å². The molecule has 4 heteroatoms. The number of benzene rings is 2. The molecule has 0 fully saturated rings. The normalized spacial score (nSPS) is 10.1. The van der Waals surface area contributed by atoms with Gasteiger partial charge in [-0.1, -0.05) is 23.8 Å². The van der Waals surface area contributed by atoms with Crippen LogP contribution in [0.25, 0.3) is 0 Å². The van der Waals surface area contributed by atoms with Crippen LogP contribution in [0.3, 0.4) is 0 Å². The van der Waals surface area contributed by atoms with Crippen LogP contribution >= 0.6 is 0 Å². The topological polar surface area (TPSA) is 44.8 Å². The summed E-state index contributed by atoms with van der Waals surface area (Å²) in [6.07, 6.45) is 0. The zero-order chi connectivity index (χ0) is 15.4. The van der Waals surface area contributed by atoms with Crippen LogP contribution in [0.4, 0.5) is 0 Å². The first kappa shape index (κ1) is 14.9. The lowest BCUT2D eigenvalue weighted by Crippen LogP contribution is -2.04. The quantitative estimate of drug-likeness (QED) is 0.791. The Morgan fingerprint density at radius 3 is 1.95 bits per heavy atom. The van der Waals surface area contributed by atoms with E-state index in [4.69, 9.17) is 14.2 Å². The molecule has 0 atom stereocenters. The highest BCUT2D eigenvalue weighted by Gasteiger charge is 2.18. The number of methoxy groups -OCH3 is 3. The zero-order valence-corrected chi connectivity index (χ0v) is 12.6. The standard InChI is InChI=1S/C17H18O4/c1-11-6-5-7-12(8-11)16(18)13-9-14(19-2)17(21-4)15(10-13)20-3/h5-10H,1-4H3. The number of ether oxygens (including phenoxy) is 3. The molecule has 0 unspecified atom stereocenters. The Bertz CT molecular complexity index is 637. The monoisotopic (exact) mass is 286 g/mol. The molecule has 2 aromatic carbocycles. The van der Waals surface area contributed by atoms with Gasteiger partial charge in [-0.25, -0.2) is 0 Å². The Balaban J connectivity index is 2.51. The smallest absolute Gasteiger partial charge is 0.203 e. The summed E-state index contributed by atoms with van der Waals surface area (Å²) in [7, 11) is 4.58. The van der Waals surface area contributed by atoms with Crippen LogP contribution < -0.4 is 14.2 Å². The average Bonchev–Trinajstić information content (AvgIpc) is 2.52. The van der Waals surface area contributed by atoms with E-state index in [1.165, 1.54) is 21.3 Å². The van der Waals surface area contributed by atoms with Crippen molar-refractivity contribution in [2.24, 2.45) is 0 Å². The molecule has 0 aliphatic rings. The molecule has 0 radical (unpaired) electrons.